The van der Waals surface area contributed by atoms with E-state index in [0.29, 0.717) is 23.9 Å². The fourth-order valence-electron chi connectivity index (χ4n) is 1.66. The summed E-state index contributed by atoms with van der Waals surface area (Å²) in [5, 5.41) is 6.79. The molecule has 0 fully saturated rings. The Bertz CT molecular complexity index is 419. The maximum atomic E-state index is 11.8. The van der Waals surface area contributed by atoms with E-state index in [9.17, 15) is 4.79 Å². The predicted octanol–water partition coefficient (Wildman–Crippen LogP) is 3.61. The lowest BCUT2D eigenvalue weighted by Gasteiger charge is -2.10. The van der Waals surface area contributed by atoms with Crippen LogP contribution < -0.4 is 10.6 Å². The summed E-state index contributed by atoms with van der Waals surface area (Å²) < 4.78 is 0. The van der Waals surface area contributed by atoms with Gasteiger partial charge in [0, 0.05) is 23.7 Å². The zero-order valence-corrected chi connectivity index (χ0v) is 12.7. The van der Waals surface area contributed by atoms with Crippen LogP contribution in [0.3, 0.4) is 0 Å². The van der Waals surface area contributed by atoms with Crippen LogP contribution in [0.2, 0.25) is 5.02 Å². The zero-order valence-electron chi connectivity index (χ0n) is 11.9. The number of carbonyl (C=O) groups excluding carboxylic acids is 1. The maximum Gasteiger partial charge on any atom is 0.225 e. The van der Waals surface area contributed by atoms with Crippen molar-refractivity contribution < 1.29 is 4.79 Å². The van der Waals surface area contributed by atoms with Gasteiger partial charge in [0.1, 0.15) is 0 Å². The molecule has 3 nitrogen and oxygen atoms in total. The third-order valence-electron chi connectivity index (χ3n) is 2.90. The maximum absolute atomic E-state index is 11.8. The van der Waals surface area contributed by atoms with Crippen molar-refractivity contribution in [1.82, 2.24) is 5.32 Å². The molecule has 0 heterocycles. The number of rotatable bonds is 7. The Morgan fingerprint density at radius 2 is 2.05 bits per heavy atom. The first kappa shape index (κ1) is 16.0. The van der Waals surface area contributed by atoms with Crippen LogP contribution in [0.1, 0.15) is 32.3 Å². The molecule has 0 aromatic heterocycles. The quantitative estimate of drug-likeness (QED) is 0.750. The fourth-order valence-corrected chi connectivity index (χ4v) is 1.83. The third kappa shape index (κ3) is 6.60. The summed E-state index contributed by atoms with van der Waals surface area (Å²) in [4.78, 5) is 11.8. The second-order valence-corrected chi connectivity index (χ2v) is 5.63. The van der Waals surface area contributed by atoms with Gasteiger partial charge in [-0.05, 0) is 43.5 Å². The van der Waals surface area contributed by atoms with Crippen molar-refractivity contribution in [2.24, 2.45) is 5.92 Å². The molecule has 1 aromatic rings. The van der Waals surface area contributed by atoms with E-state index < -0.39 is 0 Å². The van der Waals surface area contributed by atoms with Crippen LogP contribution in [-0.2, 0) is 4.79 Å². The number of carbonyl (C=O) groups is 1. The van der Waals surface area contributed by atoms with Crippen LogP contribution in [0.15, 0.2) is 18.2 Å². The Morgan fingerprint density at radius 3 is 2.74 bits per heavy atom. The molecular formula is C15H23ClN2O. The summed E-state index contributed by atoms with van der Waals surface area (Å²) in [7, 11) is 0. The van der Waals surface area contributed by atoms with Gasteiger partial charge in [0.15, 0.2) is 0 Å². The lowest BCUT2D eigenvalue weighted by atomic mass is 10.1. The number of hydrogen-bond acceptors (Lipinski definition) is 2. The average molecular weight is 283 g/mol. The van der Waals surface area contributed by atoms with Gasteiger partial charge in [0.2, 0.25) is 5.91 Å². The highest BCUT2D eigenvalue weighted by molar-refractivity contribution is 6.31. The Labute approximate surface area is 120 Å². The summed E-state index contributed by atoms with van der Waals surface area (Å²) in [6.45, 7) is 8.00. The van der Waals surface area contributed by atoms with Gasteiger partial charge in [-0.2, -0.15) is 0 Å². The highest BCUT2D eigenvalue weighted by Crippen LogP contribution is 2.20. The first-order valence-corrected chi connectivity index (χ1v) is 7.13. The van der Waals surface area contributed by atoms with Gasteiger partial charge >= 0.3 is 0 Å². The van der Waals surface area contributed by atoms with E-state index in [-0.39, 0.29) is 5.91 Å². The lowest BCUT2D eigenvalue weighted by Crippen LogP contribution is -2.23. The number of benzene rings is 1. The van der Waals surface area contributed by atoms with E-state index in [4.69, 9.17) is 11.6 Å². The molecular weight excluding hydrogens is 260 g/mol. The van der Waals surface area contributed by atoms with Crippen LogP contribution in [0.5, 0.6) is 0 Å². The molecule has 4 heteroatoms. The van der Waals surface area contributed by atoms with E-state index in [1.807, 2.05) is 19.1 Å². The van der Waals surface area contributed by atoms with Gasteiger partial charge in [-0.3, -0.25) is 4.79 Å². The van der Waals surface area contributed by atoms with Gasteiger partial charge < -0.3 is 10.6 Å². The van der Waals surface area contributed by atoms with Crippen molar-refractivity contribution in [1.29, 1.82) is 0 Å². The Morgan fingerprint density at radius 1 is 1.32 bits per heavy atom. The molecule has 0 spiro atoms. The van der Waals surface area contributed by atoms with E-state index in [0.717, 1.165) is 24.2 Å². The number of nitrogens with one attached hydrogen (secondary N) is 2. The predicted molar refractivity (Wildman–Crippen MR) is 81.8 cm³/mol. The molecule has 2 N–H and O–H groups in total. The first-order chi connectivity index (χ1) is 8.99. The van der Waals surface area contributed by atoms with E-state index in [1.165, 1.54) is 0 Å². The third-order valence-corrected chi connectivity index (χ3v) is 3.14. The molecule has 0 atom stereocenters. The highest BCUT2D eigenvalue weighted by Gasteiger charge is 2.05. The summed E-state index contributed by atoms with van der Waals surface area (Å²) in [6, 6.07) is 5.50. The molecule has 0 aliphatic heterocycles. The van der Waals surface area contributed by atoms with Gasteiger partial charge in [0.05, 0.1) is 0 Å². The van der Waals surface area contributed by atoms with Gasteiger partial charge in [-0.1, -0.05) is 31.5 Å². The number of anilines is 1. The number of amides is 1. The minimum atomic E-state index is 0.0161. The molecule has 106 valence electrons. The normalized spacial score (nSPS) is 10.8. The number of halogens is 1. The summed E-state index contributed by atoms with van der Waals surface area (Å²) in [5.41, 5.74) is 1.81. The zero-order chi connectivity index (χ0) is 14.3. The molecule has 1 rings (SSSR count). The van der Waals surface area contributed by atoms with E-state index >= 15 is 0 Å². The largest absolute Gasteiger partial charge is 0.326 e. The van der Waals surface area contributed by atoms with Crippen LogP contribution in [-0.4, -0.2) is 19.0 Å². The SMILES string of the molecule is Cc1ccc(Cl)cc1NC(=O)CCNCCC(C)C. The second kappa shape index (κ2) is 8.18. The van der Waals surface area contributed by atoms with Gasteiger partial charge in [-0.15, -0.1) is 0 Å². The van der Waals surface area contributed by atoms with Crippen molar-refractivity contribution in [3.63, 3.8) is 0 Å². The van der Waals surface area contributed by atoms with E-state index in [2.05, 4.69) is 24.5 Å². The van der Waals surface area contributed by atoms with Crippen molar-refractivity contribution >= 4 is 23.2 Å². The number of hydrogen-bond donors (Lipinski definition) is 2. The smallest absolute Gasteiger partial charge is 0.225 e. The van der Waals surface area contributed by atoms with Crippen molar-refractivity contribution in [2.75, 3.05) is 18.4 Å². The summed E-state index contributed by atoms with van der Waals surface area (Å²) in [6.07, 6.45) is 1.61. The van der Waals surface area contributed by atoms with Crippen LogP contribution in [0, 0.1) is 12.8 Å². The lowest BCUT2D eigenvalue weighted by molar-refractivity contribution is -0.116. The molecule has 19 heavy (non-hydrogen) atoms. The first-order valence-electron chi connectivity index (χ1n) is 6.75. The topological polar surface area (TPSA) is 41.1 Å². The Balaban J connectivity index is 2.29. The second-order valence-electron chi connectivity index (χ2n) is 5.19. The molecule has 1 amide bonds. The van der Waals surface area contributed by atoms with Crippen molar-refractivity contribution in [3.05, 3.63) is 28.8 Å². The molecule has 0 saturated carbocycles. The molecule has 0 aliphatic rings. The molecule has 0 saturated heterocycles. The molecule has 0 radical (unpaired) electrons. The summed E-state index contributed by atoms with van der Waals surface area (Å²) >= 11 is 5.91. The minimum absolute atomic E-state index is 0.0161. The molecule has 0 unspecified atom stereocenters. The monoisotopic (exact) mass is 282 g/mol. The van der Waals surface area contributed by atoms with Crippen LogP contribution in [0.4, 0.5) is 5.69 Å². The van der Waals surface area contributed by atoms with Crippen molar-refractivity contribution in [3.8, 4) is 0 Å². The van der Waals surface area contributed by atoms with Crippen LogP contribution in [0.25, 0.3) is 0 Å². The molecule has 1 aromatic carbocycles. The minimum Gasteiger partial charge on any atom is -0.326 e. The summed E-state index contributed by atoms with van der Waals surface area (Å²) in [5.74, 6) is 0.706. The highest BCUT2D eigenvalue weighted by atomic mass is 35.5. The van der Waals surface area contributed by atoms with Gasteiger partial charge in [-0.25, -0.2) is 0 Å². The van der Waals surface area contributed by atoms with E-state index in [1.54, 1.807) is 6.07 Å². The number of aryl methyl sites for hydroxylation is 1. The van der Waals surface area contributed by atoms with Gasteiger partial charge in [0.25, 0.3) is 0 Å². The molecule has 0 bridgehead atoms. The standard InChI is InChI=1S/C15H23ClN2O/c1-11(2)6-8-17-9-7-15(19)18-14-10-13(16)5-4-12(14)3/h4-5,10-11,17H,6-9H2,1-3H3,(H,18,19). The van der Waals surface area contributed by atoms with Crippen molar-refractivity contribution in [2.45, 2.75) is 33.6 Å². The Hall–Kier alpha value is -1.06. The van der Waals surface area contributed by atoms with Crippen LogP contribution >= 0.6 is 11.6 Å². The Kier molecular flexibility index (Phi) is 6.89. The average Bonchev–Trinajstić information content (AvgIpc) is 2.33. The molecule has 0 aliphatic carbocycles. The fraction of sp³-hybridized carbons (Fsp3) is 0.533.